The molecule has 0 spiro atoms. The molecule has 3 rings (SSSR count). The van der Waals surface area contributed by atoms with Gasteiger partial charge in [0.05, 0.1) is 16.6 Å². The summed E-state index contributed by atoms with van der Waals surface area (Å²) in [5.41, 5.74) is 1.74. The maximum atomic E-state index is 9.75. The maximum Gasteiger partial charge on any atom is 0.142 e. The summed E-state index contributed by atoms with van der Waals surface area (Å²) in [5, 5.41) is 28.5. The van der Waals surface area contributed by atoms with Gasteiger partial charge in [-0.3, -0.25) is 0 Å². The largest absolute Gasteiger partial charge is 0.508 e. The molecule has 0 aliphatic rings. The number of fused-ring (bicyclic) bond motifs is 1. The molecule has 1 heterocycles. The minimum absolute atomic E-state index is 0.0241. The summed E-state index contributed by atoms with van der Waals surface area (Å²) in [4.78, 5) is 7.27. The Morgan fingerprint density at radius 2 is 1.61 bits per heavy atom. The van der Waals surface area contributed by atoms with Crippen molar-refractivity contribution in [1.29, 1.82) is 0 Å². The Morgan fingerprint density at radius 1 is 0.889 bits per heavy atom. The lowest BCUT2D eigenvalue weighted by molar-refractivity contribution is 0.461. The van der Waals surface area contributed by atoms with Crippen LogP contribution in [0.15, 0.2) is 36.4 Å². The van der Waals surface area contributed by atoms with Crippen LogP contribution in [0.4, 0.5) is 0 Å². The van der Waals surface area contributed by atoms with Crippen molar-refractivity contribution in [2.24, 2.45) is 0 Å². The van der Waals surface area contributed by atoms with Gasteiger partial charge in [-0.2, -0.15) is 0 Å². The molecule has 2 aromatic carbocycles. The van der Waals surface area contributed by atoms with Crippen LogP contribution in [0.25, 0.3) is 22.4 Å². The third kappa shape index (κ3) is 1.62. The predicted molar refractivity (Wildman–Crippen MR) is 66.5 cm³/mol. The smallest absolute Gasteiger partial charge is 0.142 e. The van der Waals surface area contributed by atoms with E-state index in [1.165, 1.54) is 24.3 Å². The van der Waals surface area contributed by atoms with Crippen LogP contribution in [0.3, 0.4) is 0 Å². The van der Waals surface area contributed by atoms with Gasteiger partial charge in [0.15, 0.2) is 0 Å². The molecule has 5 nitrogen and oxygen atoms in total. The van der Waals surface area contributed by atoms with Gasteiger partial charge in [0.2, 0.25) is 0 Å². The van der Waals surface area contributed by atoms with Crippen LogP contribution in [0.1, 0.15) is 0 Å². The van der Waals surface area contributed by atoms with Crippen LogP contribution in [-0.2, 0) is 0 Å². The number of aromatic hydroxyl groups is 3. The van der Waals surface area contributed by atoms with E-state index in [2.05, 4.69) is 9.97 Å². The summed E-state index contributed by atoms with van der Waals surface area (Å²) in [6.07, 6.45) is 0. The fraction of sp³-hybridized carbons (Fsp3) is 0. The first-order chi connectivity index (χ1) is 8.63. The summed E-state index contributed by atoms with van der Waals surface area (Å²) >= 11 is 0. The lowest BCUT2D eigenvalue weighted by Gasteiger charge is -2.01. The van der Waals surface area contributed by atoms with Crippen molar-refractivity contribution in [1.82, 2.24) is 9.97 Å². The zero-order valence-electron chi connectivity index (χ0n) is 9.25. The Morgan fingerprint density at radius 3 is 2.44 bits per heavy atom. The number of H-pyrrole nitrogens is 1. The molecule has 0 unspecified atom stereocenters. The molecule has 1 aromatic heterocycles. The molecule has 0 atom stereocenters. The van der Waals surface area contributed by atoms with E-state index in [4.69, 9.17) is 0 Å². The molecule has 90 valence electrons. The van der Waals surface area contributed by atoms with Crippen LogP contribution >= 0.6 is 0 Å². The number of hydrogen-bond donors (Lipinski definition) is 4. The number of benzene rings is 2. The molecule has 0 bridgehead atoms. The second kappa shape index (κ2) is 3.66. The van der Waals surface area contributed by atoms with Crippen molar-refractivity contribution >= 4 is 11.0 Å². The molecule has 0 radical (unpaired) electrons. The number of rotatable bonds is 1. The van der Waals surface area contributed by atoms with Gasteiger partial charge in [-0.25, -0.2) is 4.98 Å². The highest BCUT2D eigenvalue weighted by molar-refractivity contribution is 5.82. The number of nitrogens with zero attached hydrogens (tertiary/aromatic N) is 1. The zero-order valence-corrected chi connectivity index (χ0v) is 9.25. The summed E-state index contributed by atoms with van der Waals surface area (Å²) in [7, 11) is 0. The number of aromatic nitrogens is 2. The molecule has 0 aliphatic heterocycles. The third-order valence-electron chi connectivity index (χ3n) is 2.70. The van der Waals surface area contributed by atoms with Crippen molar-refractivity contribution < 1.29 is 15.3 Å². The highest BCUT2D eigenvalue weighted by atomic mass is 16.3. The molecule has 3 aromatic rings. The normalized spacial score (nSPS) is 10.9. The van der Waals surface area contributed by atoms with Gasteiger partial charge in [-0.15, -0.1) is 0 Å². The van der Waals surface area contributed by atoms with Crippen molar-refractivity contribution in [2.45, 2.75) is 0 Å². The molecule has 0 saturated carbocycles. The van der Waals surface area contributed by atoms with E-state index in [1.54, 1.807) is 12.1 Å². The number of nitrogens with one attached hydrogen (secondary N) is 1. The summed E-state index contributed by atoms with van der Waals surface area (Å²) < 4.78 is 0. The van der Waals surface area contributed by atoms with Gasteiger partial charge in [0.1, 0.15) is 23.1 Å². The number of imidazole rings is 1. The van der Waals surface area contributed by atoms with Crippen molar-refractivity contribution in [3.8, 4) is 28.6 Å². The fourth-order valence-corrected chi connectivity index (χ4v) is 1.84. The second-order valence-corrected chi connectivity index (χ2v) is 3.99. The maximum absolute atomic E-state index is 9.75. The van der Waals surface area contributed by atoms with Gasteiger partial charge in [-0.1, -0.05) is 0 Å². The van der Waals surface area contributed by atoms with E-state index in [1.807, 2.05) is 0 Å². The summed E-state index contributed by atoms with van der Waals surface area (Å²) in [6, 6.07) is 8.97. The van der Waals surface area contributed by atoms with Crippen molar-refractivity contribution in [2.75, 3.05) is 0 Å². The summed E-state index contributed by atoms with van der Waals surface area (Å²) in [5.74, 6) is 0.643. The van der Waals surface area contributed by atoms with E-state index in [0.29, 0.717) is 22.4 Å². The lowest BCUT2D eigenvalue weighted by atomic mass is 10.2. The number of aromatic amines is 1. The molecule has 18 heavy (non-hydrogen) atoms. The van der Waals surface area contributed by atoms with E-state index in [9.17, 15) is 15.3 Å². The molecular weight excluding hydrogens is 232 g/mol. The minimum atomic E-state index is 0.0241. The van der Waals surface area contributed by atoms with Crippen LogP contribution in [0.5, 0.6) is 17.2 Å². The first-order valence-electron chi connectivity index (χ1n) is 5.34. The topological polar surface area (TPSA) is 89.4 Å². The van der Waals surface area contributed by atoms with Gasteiger partial charge >= 0.3 is 0 Å². The molecule has 0 aliphatic carbocycles. The first-order valence-corrected chi connectivity index (χ1v) is 5.34. The Bertz CT molecular complexity index is 734. The first kappa shape index (κ1) is 10.5. The van der Waals surface area contributed by atoms with Gasteiger partial charge < -0.3 is 20.3 Å². The standard InChI is InChI=1S/C13H10N2O3/c16-7-2-4-12(18)9(5-7)13-14-10-3-1-8(17)6-11(10)15-13/h1-6,16-18H,(H,14,15). The minimum Gasteiger partial charge on any atom is -0.508 e. The monoisotopic (exact) mass is 242 g/mol. The molecule has 0 amide bonds. The number of phenols is 3. The number of phenolic OH excluding ortho intramolecular Hbond substituents is 3. The van der Waals surface area contributed by atoms with Crippen LogP contribution in [0.2, 0.25) is 0 Å². The van der Waals surface area contributed by atoms with Crippen LogP contribution in [-0.4, -0.2) is 25.3 Å². The van der Waals surface area contributed by atoms with Crippen molar-refractivity contribution in [3.63, 3.8) is 0 Å². The summed E-state index contributed by atoms with van der Waals surface area (Å²) in [6.45, 7) is 0. The Kier molecular flexibility index (Phi) is 2.13. The van der Waals surface area contributed by atoms with E-state index < -0.39 is 0 Å². The SMILES string of the molecule is Oc1ccc(O)c(-c2nc3ccc(O)cc3[nH]2)c1. The lowest BCUT2D eigenvalue weighted by Crippen LogP contribution is -1.81. The van der Waals surface area contributed by atoms with E-state index in [0.717, 1.165) is 0 Å². The second-order valence-electron chi connectivity index (χ2n) is 3.99. The average molecular weight is 242 g/mol. The zero-order chi connectivity index (χ0) is 12.7. The highest BCUT2D eigenvalue weighted by Gasteiger charge is 2.10. The van der Waals surface area contributed by atoms with Crippen LogP contribution in [0, 0.1) is 0 Å². The molecule has 0 fully saturated rings. The molecule has 5 heteroatoms. The fourth-order valence-electron chi connectivity index (χ4n) is 1.84. The average Bonchev–Trinajstić information content (AvgIpc) is 2.74. The third-order valence-corrected chi connectivity index (χ3v) is 2.70. The van der Waals surface area contributed by atoms with Gasteiger partial charge in [-0.05, 0) is 30.3 Å². The molecule has 0 saturated heterocycles. The quantitative estimate of drug-likeness (QED) is 0.493. The number of hydrogen-bond acceptors (Lipinski definition) is 4. The Labute approximate surface area is 102 Å². The van der Waals surface area contributed by atoms with E-state index >= 15 is 0 Å². The van der Waals surface area contributed by atoms with Gasteiger partial charge in [0, 0.05) is 6.07 Å². The highest BCUT2D eigenvalue weighted by Crippen LogP contribution is 2.32. The van der Waals surface area contributed by atoms with Gasteiger partial charge in [0.25, 0.3) is 0 Å². The van der Waals surface area contributed by atoms with Crippen LogP contribution < -0.4 is 0 Å². The van der Waals surface area contributed by atoms with Crippen molar-refractivity contribution in [3.05, 3.63) is 36.4 Å². The molecular formula is C13H10N2O3. The van der Waals surface area contributed by atoms with E-state index in [-0.39, 0.29) is 17.2 Å². The Hall–Kier alpha value is -2.69. The molecule has 4 N–H and O–H groups in total. The Balaban J connectivity index is 2.22. The predicted octanol–water partition coefficient (Wildman–Crippen LogP) is 2.35.